The third-order valence-electron chi connectivity index (χ3n) is 2.22. The molecule has 0 bridgehead atoms. The van der Waals surface area contributed by atoms with Gasteiger partial charge in [0.2, 0.25) is 0 Å². The van der Waals surface area contributed by atoms with E-state index < -0.39 is 0 Å². The Labute approximate surface area is 103 Å². The molecular formula is C12H13N3OS. The number of aryl methyl sites for hydroxylation is 1. The highest BCUT2D eigenvalue weighted by atomic mass is 32.1. The lowest BCUT2D eigenvalue weighted by Gasteiger charge is -1.96. The Kier molecular flexibility index (Phi) is 3.39. The molecule has 0 atom stereocenters. The van der Waals surface area contributed by atoms with Gasteiger partial charge >= 0.3 is 0 Å². The number of rotatable bonds is 4. The van der Waals surface area contributed by atoms with Gasteiger partial charge in [-0.05, 0) is 25.1 Å². The molecule has 2 aromatic rings. The standard InChI is InChI=1S/C12H13N3OS/c1-3-6-13-12(16)10-7-9(14-15-10)11-5-4-8(2)17-11/h3-5,7H,1,6H2,2H3,(H,13,16)(H,14,15). The van der Waals surface area contributed by atoms with Crippen molar-refractivity contribution in [1.82, 2.24) is 15.5 Å². The van der Waals surface area contributed by atoms with Crippen molar-refractivity contribution in [3.8, 4) is 10.6 Å². The molecule has 0 radical (unpaired) electrons. The van der Waals surface area contributed by atoms with Gasteiger partial charge in [-0.15, -0.1) is 17.9 Å². The zero-order valence-electron chi connectivity index (χ0n) is 9.49. The Morgan fingerprint density at radius 3 is 3.12 bits per heavy atom. The molecule has 2 heterocycles. The lowest BCUT2D eigenvalue weighted by Crippen LogP contribution is -2.23. The minimum absolute atomic E-state index is 0.194. The summed E-state index contributed by atoms with van der Waals surface area (Å²) >= 11 is 1.66. The summed E-state index contributed by atoms with van der Waals surface area (Å²) in [6, 6.07) is 5.81. The molecule has 0 saturated heterocycles. The first-order chi connectivity index (χ1) is 8.20. The topological polar surface area (TPSA) is 57.8 Å². The summed E-state index contributed by atoms with van der Waals surface area (Å²) in [7, 11) is 0. The van der Waals surface area contributed by atoms with Crippen LogP contribution in [-0.4, -0.2) is 22.6 Å². The van der Waals surface area contributed by atoms with Crippen molar-refractivity contribution in [2.24, 2.45) is 0 Å². The van der Waals surface area contributed by atoms with E-state index in [1.807, 2.05) is 19.1 Å². The van der Waals surface area contributed by atoms with E-state index in [0.29, 0.717) is 12.2 Å². The number of aromatic nitrogens is 2. The Morgan fingerprint density at radius 1 is 1.65 bits per heavy atom. The smallest absolute Gasteiger partial charge is 0.272 e. The summed E-state index contributed by atoms with van der Waals surface area (Å²) in [6.45, 7) is 6.03. The normalized spacial score (nSPS) is 10.2. The third kappa shape index (κ3) is 2.62. The number of nitrogens with zero attached hydrogens (tertiary/aromatic N) is 1. The molecule has 0 spiro atoms. The van der Waals surface area contributed by atoms with Gasteiger partial charge < -0.3 is 5.32 Å². The van der Waals surface area contributed by atoms with Crippen LogP contribution in [0.3, 0.4) is 0 Å². The highest BCUT2D eigenvalue weighted by molar-refractivity contribution is 7.15. The maximum Gasteiger partial charge on any atom is 0.272 e. The monoisotopic (exact) mass is 247 g/mol. The van der Waals surface area contributed by atoms with Crippen LogP contribution in [0.4, 0.5) is 0 Å². The minimum atomic E-state index is -0.194. The van der Waals surface area contributed by atoms with Gasteiger partial charge in [-0.25, -0.2) is 0 Å². The fraction of sp³-hybridized carbons (Fsp3) is 0.167. The van der Waals surface area contributed by atoms with Gasteiger partial charge in [0, 0.05) is 11.4 Å². The van der Waals surface area contributed by atoms with Gasteiger partial charge in [0.15, 0.2) is 5.69 Å². The van der Waals surface area contributed by atoms with Crippen LogP contribution in [-0.2, 0) is 0 Å². The Balaban J connectivity index is 2.15. The number of carbonyl (C=O) groups is 1. The molecule has 4 nitrogen and oxygen atoms in total. The average Bonchev–Trinajstić information content (AvgIpc) is 2.93. The first kappa shape index (κ1) is 11.6. The molecule has 1 amide bonds. The first-order valence-electron chi connectivity index (χ1n) is 5.22. The van der Waals surface area contributed by atoms with Crippen LogP contribution in [0.25, 0.3) is 10.6 Å². The summed E-state index contributed by atoms with van der Waals surface area (Å²) in [4.78, 5) is 13.9. The molecule has 2 aromatic heterocycles. The Bertz CT molecular complexity index is 541. The second-order valence-electron chi connectivity index (χ2n) is 3.58. The molecule has 5 heteroatoms. The molecule has 0 unspecified atom stereocenters. The molecule has 0 aliphatic carbocycles. The molecule has 0 fully saturated rings. The number of nitrogens with one attached hydrogen (secondary N) is 2. The lowest BCUT2D eigenvalue weighted by molar-refractivity contribution is 0.0953. The fourth-order valence-electron chi connectivity index (χ4n) is 1.40. The van der Waals surface area contributed by atoms with E-state index in [1.165, 1.54) is 4.88 Å². The van der Waals surface area contributed by atoms with Gasteiger partial charge in [-0.1, -0.05) is 6.08 Å². The highest BCUT2D eigenvalue weighted by Gasteiger charge is 2.11. The number of aromatic amines is 1. The van der Waals surface area contributed by atoms with Crippen molar-refractivity contribution in [3.63, 3.8) is 0 Å². The first-order valence-corrected chi connectivity index (χ1v) is 6.03. The molecule has 2 rings (SSSR count). The summed E-state index contributed by atoms with van der Waals surface area (Å²) < 4.78 is 0. The van der Waals surface area contributed by atoms with Gasteiger partial charge in [-0.2, -0.15) is 5.10 Å². The average molecular weight is 247 g/mol. The quantitative estimate of drug-likeness (QED) is 0.815. The summed E-state index contributed by atoms with van der Waals surface area (Å²) in [5.41, 5.74) is 1.26. The predicted octanol–water partition coefficient (Wildman–Crippen LogP) is 2.36. The molecule has 0 aromatic carbocycles. The molecule has 0 aliphatic rings. The van der Waals surface area contributed by atoms with Gasteiger partial charge in [-0.3, -0.25) is 9.89 Å². The zero-order chi connectivity index (χ0) is 12.3. The molecule has 17 heavy (non-hydrogen) atoms. The Hall–Kier alpha value is -1.88. The molecule has 0 saturated carbocycles. The summed E-state index contributed by atoms with van der Waals surface area (Å²) in [5.74, 6) is -0.194. The van der Waals surface area contributed by atoms with Crippen molar-refractivity contribution < 1.29 is 4.79 Å². The summed E-state index contributed by atoms with van der Waals surface area (Å²) in [5, 5.41) is 9.54. The number of hydrogen-bond acceptors (Lipinski definition) is 3. The zero-order valence-corrected chi connectivity index (χ0v) is 10.3. The molecule has 0 aliphatic heterocycles. The lowest BCUT2D eigenvalue weighted by atomic mass is 10.3. The number of H-pyrrole nitrogens is 1. The van der Waals surface area contributed by atoms with Gasteiger partial charge in [0.1, 0.15) is 0 Å². The second kappa shape index (κ2) is 4.97. The van der Waals surface area contributed by atoms with Crippen molar-refractivity contribution in [2.75, 3.05) is 6.54 Å². The molecule has 88 valence electrons. The fourth-order valence-corrected chi connectivity index (χ4v) is 2.23. The molecular weight excluding hydrogens is 234 g/mol. The number of hydrogen-bond donors (Lipinski definition) is 2. The van der Waals surface area contributed by atoms with E-state index in [2.05, 4.69) is 22.1 Å². The van der Waals surface area contributed by atoms with Crippen LogP contribution in [0.5, 0.6) is 0 Å². The molecule has 2 N–H and O–H groups in total. The largest absolute Gasteiger partial charge is 0.347 e. The van der Waals surface area contributed by atoms with E-state index in [4.69, 9.17) is 0 Å². The van der Waals surface area contributed by atoms with Crippen LogP contribution in [0, 0.1) is 6.92 Å². The SMILES string of the molecule is C=CCNC(=O)c1cc(-c2ccc(C)s2)[nH]n1. The van der Waals surface area contributed by atoms with Gasteiger partial charge in [0.25, 0.3) is 5.91 Å². The predicted molar refractivity (Wildman–Crippen MR) is 69.2 cm³/mol. The van der Waals surface area contributed by atoms with E-state index in [0.717, 1.165) is 10.6 Å². The number of thiophene rings is 1. The van der Waals surface area contributed by atoms with E-state index in [9.17, 15) is 4.79 Å². The van der Waals surface area contributed by atoms with E-state index >= 15 is 0 Å². The minimum Gasteiger partial charge on any atom is -0.347 e. The van der Waals surface area contributed by atoms with Crippen molar-refractivity contribution >= 4 is 17.2 Å². The third-order valence-corrected chi connectivity index (χ3v) is 3.26. The van der Waals surface area contributed by atoms with Crippen LogP contribution < -0.4 is 5.32 Å². The maximum atomic E-state index is 11.6. The van der Waals surface area contributed by atoms with Crippen molar-refractivity contribution in [1.29, 1.82) is 0 Å². The van der Waals surface area contributed by atoms with Crippen LogP contribution >= 0.6 is 11.3 Å². The van der Waals surface area contributed by atoms with E-state index in [-0.39, 0.29) is 5.91 Å². The van der Waals surface area contributed by atoms with Crippen molar-refractivity contribution in [3.05, 3.63) is 41.4 Å². The maximum absolute atomic E-state index is 11.6. The van der Waals surface area contributed by atoms with Crippen molar-refractivity contribution in [2.45, 2.75) is 6.92 Å². The summed E-state index contributed by atoms with van der Waals surface area (Å²) in [6.07, 6.45) is 1.63. The van der Waals surface area contributed by atoms with Crippen LogP contribution in [0.2, 0.25) is 0 Å². The van der Waals surface area contributed by atoms with Crippen LogP contribution in [0.15, 0.2) is 30.9 Å². The number of carbonyl (C=O) groups excluding carboxylic acids is 1. The Morgan fingerprint density at radius 2 is 2.47 bits per heavy atom. The van der Waals surface area contributed by atoms with Gasteiger partial charge in [0.05, 0.1) is 10.6 Å². The second-order valence-corrected chi connectivity index (χ2v) is 4.86. The van der Waals surface area contributed by atoms with E-state index in [1.54, 1.807) is 23.5 Å². The van der Waals surface area contributed by atoms with Crippen LogP contribution in [0.1, 0.15) is 15.4 Å². The highest BCUT2D eigenvalue weighted by Crippen LogP contribution is 2.26. The number of amides is 1.